The van der Waals surface area contributed by atoms with Gasteiger partial charge in [-0.1, -0.05) is 28.4 Å². The quantitative estimate of drug-likeness (QED) is 0.694. The van der Waals surface area contributed by atoms with E-state index in [-0.39, 0.29) is 0 Å². The van der Waals surface area contributed by atoms with Crippen LogP contribution in [0, 0.1) is 5.92 Å². The molecule has 1 aromatic carbocycles. The number of hydrogen-bond acceptors (Lipinski definition) is 1. The molecular weight excluding hydrogens is 310 g/mol. The Balaban J connectivity index is 1.87. The summed E-state index contributed by atoms with van der Waals surface area (Å²) in [6.45, 7) is 1.22. The Bertz CT molecular complexity index is 435. The molecule has 3 rings (SSSR count). The molecule has 0 aromatic heterocycles. The van der Waals surface area contributed by atoms with Gasteiger partial charge in [0.1, 0.15) is 0 Å². The van der Waals surface area contributed by atoms with Crippen molar-refractivity contribution >= 4 is 33.2 Å². The van der Waals surface area contributed by atoms with Crippen molar-refractivity contribution in [3.63, 3.8) is 0 Å². The minimum absolute atomic E-state index is 0.576. The van der Waals surface area contributed by atoms with E-state index in [9.17, 15) is 0 Å². The zero-order chi connectivity index (χ0) is 12.5. The number of benzene rings is 1. The number of fused-ring (bicyclic) bond motifs is 1. The van der Waals surface area contributed by atoms with Crippen LogP contribution in [-0.4, -0.2) is 12.6 Å². The summed E-state index contributed by atoms with van der Waals surface area (Å²) in [5, 5.41) is 0. The highest BCUT2D eigenvalue weighted by atomic mass is 79.9. The zero-order valence-electron chi connectivity index (χ0n) is 10.5. The van der Waals surface area contributed by atoms with E-state index in [4.69, 9.17) is 11.6 Å². The fourth-order valence-corrected chi connectivity index (χ4v) is 4.50. The molecule has 0 spiro atoms. The van der Waals surface area contributed by atoms with Crippen molar-refractivity contribution in [3.05, 3.63) is 28.2 Å². The van der Waals surface area contributed by atoms with Gasteiger partial charge in [0.2, 0.25) is 0 Å². The second kappa shape index (κ2) is 5.42. The van der Waals surface area contributed by atoms with E-state index in [2.05, 4.69) is 39.0 Å². The second-order valence-electron chi connectivity index (χ2n) is 5.50. The highest BCUT2D eigenvalue weighted by Gasteiger charge is 2.35. The molecule has 1 aliphatic carbocycles. The van der Waals surface area contributed by atoms with Crippen LogP contribution in [0.15, 0.2) is 22.7 Å². The van der Waals surface area contributed by atoms with Crippen molar-refractivity contribution in [2.24, 2.45) is 5.92 Å². The number of alkyl halides is 1. The topological polar surface area (TPSA) is 3.24 Å². The Morgan fingerprint density at radius 3 is 2.83 bits per heavy atom. The Morgan fingerprint density at radius 2 is 2.06 bits per heavy atom. The molecule has 1 heterocycles. The van der Waals surface area contributed by atoms with Gasteiger partial charge in [0.15, 0.2) is 0 Å². The van der Waals surface area contributed by atoms with Gasteiger partial charge in [0.25, 0.3) is 0 Å². The number of hydrogen-bond donors (Lipinski definition) is 0. The molecule has 2 unspecified atom stereocenters. The third kappa shape index (κ3) is 2.30. The minimum atomic E-state index is 0.576. The van der Waals surface area contributed by atoms with Crippen LogP contribution in [0.1, 0.15) is 37.7 Å². The van der Waals surface area contributed by atoms with Crippen molar-refractivity contribution in [1.82, 2.24) is 0 Å². The largest absolute Gasteiger partial charge is 0.368 e. The van der Waals surface area contributed by atoms with Crippen LogP contribution in [0.2, 0.25) is 0 Å². The summed E-state index contributed by atoms with van der Waals surface area (Å²) < 4.78 is 1.15. The van der Waals surface area contributed by atoms with Gasteiger partial charge in [0, 0.05) is 28.6 Å². The maximum atomic E-state index is 5.92. The van der Waals surface area contributed by atoms with E-state index in [0.717, 1.165) is 16.4 Å². The number of halogens is 2. The highest BCUT2D eigenvalue weighted by molar-refractivity contribution is 9.10. The van der Waals surface area contributed by atoms with E-state index in [1.54, 1.807) is 0 Å². The smallest absolute Gasteiger partial charge is 0.0485 e. The first-order valence-corrected chi connectivity index (χ1v) is 8.23. The molecule has 1 saturated heterocycles. The summed E-state index contributed by atoms with van der Waals surface area (Å²) in [6, 6.07) is 7.43. The van der Waals surface area contributed by atoms with E-state index < -0.39 is 0 Å². The molecule has 98 valence electrons. The Kier molecular flexibility index (Phi) is 3.86. The Hall–Kier alpha value is -0.210. The summed E-state index contributed by atoms with van der Waals surface area (Å²) >= 11 is 9.55. The van der Waals surface area contributed by atoms with E-state index in [0.29, 0.717) is 5.88 Å². The number of anilines is 1. The first kappa shape index (κ1) is 12.8. The van der Waals surface area contributed by atoms with Crippen LogP contribution < -0.4 is 4.90 Å². The molecule has 1 aliphatic heterocycles. The molecule has 3 heteroatoms. The molecule has 2 aliphatic rings. The van der Waals surface area contributed by atoms with Crippen LogP contribution in [0.5, 0.6) is 0 Å². The second-order valence-corrected chi connectivity index (χ2v) is 6.62. The van der Waals surface area contributed by atoms with Gasteiger partial charge in [-0.3, -0.25) is 0 Å². The molecule has 0 N–H and O–H groups in total. The lowest BCUT2D eigenvalue weighted by atomic mass is 9.91. The summed E-state index contributed by atoms with van der Waals surface area (Å²) in [6.07, 6.45) is 6.99. The maximum absolute atomic E-state index is 5.92. The fraction of sp³-hybridized carbons (Fsp3) is 0.600. The van der Waals surface area contributed by atoms with Crippen molar-refractivity contribution in [2.45, 2.75) is 44.0 Å². The fourth-order valence-electron chi connectivity index (χ4n) is 3.60. The van der Waals surface area contributed by atoms with Gasteiger partial charge in [-0.2, -0.15) is 0 Å². The van der Waals surface area contributed by atoms with E-state index in [1.807, 2.05) is 0 Å². The van der Waals surface area contributed by atoms with E-state index >= 15 is 0 Å². The summed E-state index contributed by atoms with van der Waals surface area (Å²) in [5.74, 6) is 1.51. The summed E-state index contributed by atoms with van der Waals surface area (Å²) in [4.78, 5) is 2.63. The molecular formula is C15H19BrClN. The van der Waals surface area contributed by atoms with Crippen LogP contribution >= 0.6 is 27.5 Å². The standard InChI is InChI=1S/C15H19BrClN/c16-14-9-13(7-6-12(14)10-17)18-8-2-4-11-3-1-5-15(11)18/h6-7,9,11,15H,1-5,8,10H2. The predicted molar refractivity (Wildman–Crippen MR) is 81.4 cm³/mol. The van der Waals surface area contributed by atoms with Crippen LogP contribution in [-0.2, 0) is 5.88 Å². The Labute approximate surface area is 123 Å². The third-order valence-corrected chi connectivity index (χ3v) is 5.53. The number of rotatable bonds is 2. The van der Waals surface area contributed by atoms with Gasteiger partial charge in [-0.25, -0.2) is 0 Å². The minimum Gasteiger partial charge on any atom is -0.368 e. The average Bonchev–Trinajstić information content (AvgIpc) is 2.86. The van der Waals surface area contributed by atoms with Crippen LogP contribution in [0.3, 0.4) is 0 Å². The van der Waals surface area contributed by atoms with Gasteiger partial charge in [-0.05, 0) is 49.3 Å². The lowest BCUT2D eigenvalue weighted by Gasteiger charge is -2.39. The summed E-state index contributed by atoms with van der Waals surface area (Å²) in [5.41, 5.74) is 2.55. The predicted octanol–water partition coefficient (Wildman–Crippen LogP) is 4.96. The van der Waals surface area contributed by atoms with Gasteiger partial charge in [-0.15, -0.1) is 11.6 Å². The lowest BCUT2D eigenvalue weighted by molar-refractivity contribution is 0.362. The normalized spacial score (nSPS) is 27.3. The third-order valence-electron chi connectivity index (χ3n) is 4.51. The highest BCUT2D eigenvalue weighted by Crippen LogP contribution is 2.39. The summed E-state index contributed by atoms with van der Waals surface area (Å²) in [7, 11) is 0. The molecule has 0 amide bonds. The Morgan fingerprint density at radius 1 is 1.22 bits per heavy atom. The monoisotopic (exact) mass is 327 g/mol. The molecule has 18 heavy (non-hydrogen) atoms. The first-order valence-electron chi connectivity index (χ1n) is 6.90. The number of piperidine rings is 1. The van der Waals surface area contributed by atoms with Crippen molar-refractivity contribution in [1.29, 1.82) is 0 Å². The molecule has 0 bridgehead atoms. The first-order chi connectivity index (χ1) is 8.79. The van der Waals surface area contributed by atoms with Crippen molar-refractivity contribution in [3.8, 4) is 0 Å². The molecule has 2 atom stereocenters. The lowest BCUT2D eigenvalue weighted by Crippen LogP contribution is -2.42. The SMILES string of the molecule is ClCc1ccc(N2CCCC3CCCC32)cc1Br. The van der Waals surface area contributed by atoms with Crippen LogP contribution in [0.25, 0.3) is 0 Å². The van der Waals surface area contributed by atoms with Crippen molar-refractivity contribution in [2.75, 3.05) is 11.4 Å². The van der Waals surface area contributed by atoms with Crippen molar-refractivity contribution < 1.29 is 0 Å². The average molecular weight is 329 g/mol. The molecule has 0 radical (unpaired) electrons. The number of nitrogens with zero attached hydrogens (tertiary/aromatic N) is 1. The maximum Gasteiger partial charge on any atom is 0.0485 e. The molecule has 1 aromatic rings. The van der Waals surface area contributed by atoms with Gasteiger partial charge >= 0.3 is 0 Å². The van der Waals surface area contributed by atoms with Gasteiger partial charge in [0.05, 0.1) is 0 Å². The van der Waals surface area contributed by atoms with Gasteiger partial charge < -0.3 is 4.90 Å². The van der Waals surface area contributed by atoms with E-state index in [1.165, 1.54) is 49.9 Å². The zero-order valence-corrected chi connectivity index (χ0v) is 12.9. The molecule has 2 fully saturated rings. The molecule has 1 saturated carbocycles. The molecule has 1 nitrogen and oxygen atoms in total. The van der Waals surface area contributed by atoms with Crippen LogP contribution in [0.4, 0.5) is 5.69 Å².